The van der Waals surface area contributed by atoms with Crippen molar-refractivity contribution in [1.29, 1.82) is 0 Å². The molecular formula is C28H32N6O2. The molecule has 1 aliphatic rings. The second-order valence-corrected chi connectivity index (χ2v) is 9.66. The van der Waals surface area contributed by atoms with Crippen LogP contribution in [0, 0.1) is 13.8 Å². The Bertz CT molecular complexity index is 1460. The summed E-state index contributed by atoms with van der Waals surface area (Å²) in [5.74, 6) is -0.135. The molecule has 0 atom stereocenters. The topological polar surface area (TPSA) is 85.1 Å². The van der Waals surface area contributed by atoms with Crippen molar-refractivity contribution in [3.63, 3.8) is 0 Å². The van der Waals surface area contributed by atoms with E-state index in [1.165, 1.54) is 18.4 Å². The predicted molar refractivity (Wildman–Crippen MR) is 141 cm³/mol. The second kappa shape index (κ2) is 10.1. The Kier molecular flexibility index (Phi) is 6.69. The summed E-state index contributed by atoms with van der Waals surface area (Å²) in [6.45, 7) is 7.08. The first-order valence-corrected chi connectivity index (χ1v) is 12.5. The summed E-state index contributed by atoms with van der Waals surface area (Å²) in [6.07, 6.45) is 2.94. The van der Waals surface area contributed by atoms with Gasteiger partial charge >= 0.3 is 0 Å². The third kappa shape index (κ3) is 4.95. The molecule has 4 aromatic rings. The van der Waals surface area contributed by atoms with E-state index in [0.717, 1.165) is 42.3 Å². The fraction of sp³-hybridized carbons (Fsp3) is 0.357. The van der Waals surface area contributed by atoms with E-state index in [1.54, 1.807) is 16.3 Å². The van der Waals surface area contributed by atoms with E-state index in [1.807, 2.05) is 56.3 Å². The summed E-state index contributed by atoms with van der Waals surface area (Å²) in [5, 5.41) is 7.62. The van der Waals surface area contributed by atoms with Crippen LogP contribution in [0.1, 0.15) is 41.8 Å². The maximum absolute atomic E-state index is 13.1. The number of hydrogen-bond acceptors (Lipinski definition) is 5. The zero-order chi connectivity index (χ0) is 25.2. The average molecular weight is 485 g/mol. The monoisotopic (exact) mass is 484 g/mol. The van der Waals surface area contributed by atoms with Crippen LogP contribution in [-0.4, -0.2) is 43.2 Å². The van der Waals surface area contributed by atoms with Gasteiger partial charge in [-0.1, -0.05) is 29.8 Å². The summed E-state index contributed by atoms with van der Waals surface area (Å²) < 4.78 is 3.33. The van der Waals surface area contributed by atoms with Crippen LogP contribution in [0.4, 0.5) is 5.69 Å². The molecule has 1 saturated heterocycles. The zero-order valence-corrected chi connectivity index (χ0v) is 21.1. The van der Waals surface area contributed by atoms with E-state index in [0.29, 0.717) is 16.9 Å². The maximum Gasteiger partial charge on any atom is 0.273 e. The number of amides is 1. The summed E-state index contributed by atoms with van der Waals surface area (Å²) >= 11 is 0. The van der Waals surface area contributed by atoms with Crippen molar-refractivity contribution in [3.8, 4) is 5.69 Å². The number of carbonyl (C=O) groups excluding carboxylic acids is 1. The molecule has 0 saturated carbocycles. The third-order valence-corrected chi connectivity index (χ3v) is 6.80. The van der Waals surface area contributed by atoms with Gasteiger partial charge in [0.2, 0.25) is 5.91 Å². The van der Waals surface area contributed by atoms with Crippen molar-refractivity contribution >= 4 is 22.8 Å². The molecule has 5 rings (SSSR count). The van der Waals surface area contributed by atoms with Gasteiger partial charge in [0.15, 0.2) is 5.65 Å². The number of anilines is 1. The first-order valence-electron chi connectivity index (χ1n) is 12.5. The van der Waals surface area contributed by atoms with Gasteiger partial charge in [-0.2, -0.15) is 5.10 Å². The van der Waals surface area contributed by atoms with Gasteiger partial charge in [-0.05, 0) is 69.6 Å². The van der Waals surface area contributed by atoms with E-state index in [9.17, 15) is 9.59 Å². The largest absolute Gasteiger partial charge is 0.326 e. The molecule has 0 radical (unpaired) electrons. The Labute approximate surface area is 210 Å². The van der Waals surface area contributed by atoms with Crippen LogP contribution in [0.25, 0.3) is 16.9 Å². The zero-order valence-electron chi connectivity index (χ0n) is 21.1. The standard InChI is InChI=1S/C28H32N6O2/c1-19-9-11-23(12-10-19)34-27-26(20(2)31-34)30-24(28(36)32(27)3)13-14-25(35)29-22-8-6-7-21(17-22)18-33-15-4-5-16-33/h6-12,17H,4-5,13-16,18H2,1-3H3,(H,29,35). The van der Waals surface area contributed by atoms with Gasteiger partial charge in [0, 0.05) is 32.1 Å². The summed E-state index contributed by atoms with van der Waals surface area (Å²) in [5.41, 5.74) is 6.20. The molecule has 8 heteroatoms. The lowest BCUT2D eigenvalue weighted by atomic mass is 10.1. The van der Waals surface area contributed by atoms with E-state index in [4.69, 9.17) is 0 Å². The van der Waals surface area contributed by atoms with Crippen LogP contribution < -0.4 is 10.9 Å². The van der Waals surface area contributed by atoms with Gasteiger partial charge in [-0.3, -0.25) is 19.1 Å². The molecule has 1 amide bonds. The fourth-order valence-electron chi connectivity index (χ4n) is 4.84. The normalized spacial score (nSPS) is 14.0. The molecule has 0 bridgehead atoms. The van der Waals surface area contributed by atoms with Crippen molar-refractivity contribution in [3.05, 3.63) is 81.4 Å². The van der Waals surface area contributed by atoms with E-state index >= 15 is 0 Å². The molecule has 2 aromatic carbocycles. The Hall–Kier alpha value is -3.78. The molecule has 1 fully saturated rings. The SMILES string of the molecule is Cc1ccc(-n2nc(C)c3nc(CCC(=O)Nc4cccc(CN5CCCC5)c4)c(=O)n(C)c32)cc1. The number of nitrogens with zero attached hydrogens (tertiary/aromatic N) is 5. The Balaban J connectivity index is 1.31. The molecule has 0 spiro atoms. The first-order chi connectivity index (χ1) is 17.4. The highest BCUT2D eigenvalue weighted by Gasteiger charge is 2.18. The number of aromatic nitrogens is 4. The molecule has 8 nitrogen and oxygen atoms in total. The Morgan fingerprint density at radius 3 is 2.56 bits per heavy atom. The number of nitrogens with one attached hydrogen (secondary N) is 1. The quantitative estimate of drug-likeness (QED) is 0.430. The molecule has 186 valence electrons. The number of likely N-dealkylation sites (tertiary alicyclic amines) is 1. The minimum atomic E-state index is -0.212. The number of hydrogen-bond donors (Lipinski definition) is 1. The van der Waals surface area contributed by atoms with E-state index in [-0.39, 0.29) is 24.3 Å². The van der Waals surface area contributed by atoms with Gasteiger partial charge in [-0.15, -0.1) is 0 Å². The van der Waals surface area contributed by atoms with Crippen molar-refractivity contribution < 1.29 is 4.79 Å². The first kappa shape index (κ1) is 23.9. The van der Waals surface area contributed by atoms with Gasteiger partial charge in [0.1, 0.15) is 11.2 Å². The number of carbonyl (C=O) groups is 1. The predicted octanol–water partition coefficient (Wildman–Crippen LogP) is 3.90. The maximum atomic E-state index is 13.1. The van der Waals surface area contributed by atoms with Crippen LogP contribution in [0.3, 0.4) is 0 Å². The highest BCUT2D eigenvalue weighted by molar-refractivity contribution is 5.90. The molecule has 36 heavy (non-hydrogen) atoms. The van der Waals surface area contributed by atoms with Crippen LogP contribution in [-0.2, 0) is 24.8 Å². The summed E-state index contributed by atoms with van der Waals surface area (Å²) in [4.78, 5) is 32.9. The van der Waals surface area contributed by atoms with Crippen molar-refractivity contribution in [1.82, 2.24) is 24.2 Å². The fourth-order valence-corrected chi connectivity index (χ4v) is 4.84. The number of benzene rings is 2. The summed E-state index contributed by atoms with van der Waals surface area (Å²) in [7, 11) is 1.73. The molecule has 0 unspecified atom stereocenters. The van der Waals surface area contributed by atoms with Crippen molar-refractivity contribution in [2.24, 2.45) is 7.05 Å². The van der Waals surface area contributed by atoms with Gasteiger partial charge in [0.25, 0.3) is 5.56 Å². The van der Waals surface area contributed by atoms with Gasteiger partial charge in [-0.25, -0.2) is 9.67 Å². The van der Waals surface area contributed by atoms with Gasteiger partial charge in [0.05, 0.1) is 11.4 Å². The molecule has 0 aliphatic carbocycles. The number of rotatable bonds is 7. The molecule has 1 N–H and O–H groups in total. The third-order valence-electron chi connectivity index (χ3n) is 6.80. The number of aryl methyl sites for hydroxylation is 4. The molecule has 3 heterocycles. The minimum Gasteiger partial charge on any atom is -0.326 e. The summed E-state index contributed by atoms with van der Waals surface area (Å²) in [6, 6.07) is 16.0. The number of fused-ring (bicyclic) bond motifs is 1. The minimum absolute atomic E-state index is 0.135. The lowest BCUT2D eigenvalue weighted by Gasteiger charge is -2.15. The lowest BCUT2D eigenvalue weighted by Crippen LogP contribution is -2.25. The van der Waals surface area contributed by atoms with Crippen molar-refractivity contribution in [2.45, 2.75) is 46.1 Å². The average Bonchev–Trinajstić information content (AvgIpc) is 3.49. The van der Waals surface area contributed by atoms with Crippen LogP contribution in [0.5, 0.6) is 0 Å². The van der Waals surface area contributed by atoms with E-state index < -0.39 is 0 Å². The van der Waals surface area contributed by atoms with Crippen LogP contribution in [0.15, 0.2) is 53.3 Å². The highest BCUT2D eigenvalue weighted by atomic mass is 16.1. The van der Waals surface area contributed by atoms with Gasteiger partial charge < -0.3 is 5.32 Å². The Morgan fingerprint density at radius 1 is 1.06 bits per heavy atom. The second-order valence-electron chi connectivity index (χ2n) is 9.66. The van der Waals surface area contributed by atoms with Crippen molar-refractivity contribution in [2.75, 3.05) is 18.4 Å². The molecule has 1 aliphatic heterocycles. The lowest BCUT2D eigenvalue weighted by molar-refractivity contribution is -0.116. The smallest absolute Gasteiger partial charge is 0.273 e. The molecule has 2 aromatic heterocycles. The molecular weight excluding hydrogens is 452 g/mol. The van der Waals surface area contributed by atoms with Crippen LogP contribution in [0.2, 0.25) is 0 Å². The van der Waals surface area contributed by atoms with Crippen LogP contribution >= 0.6 is 0 Å². The Morgan fingerprint density at radius 2 is 1.81 bits per heavy atom. The highest BCUT2D eigenvalue weighted by Crippen LogP contribution is 2.20. The van der Waals surface area contributed by atoms with E-state index in [2.05, 4.69) is 26.4 Å².